The van der Waals surface area contributed by atoms with Gasteiger partial charge in [0, 0.05) is 10.6 Å². The van der Waals surface area contributed by atoms with Gasteiger partial charge in [-0.1, -0.05) is 36.4 Å². The molecule has 1 amide bonds. The average molecular weight is 307 g/mol. The first-order valence-corrected chi connectivity index (χ1v) is 8.41. The van der Waals surface area contributed by atoms with Gasteiger partial charge in [0.15, 0.2) is 0 Å². The van der Waals surface area contributed by atoms with Gasteiger partial charge >= 0.3 is 0 Å². The molecule has 3 nitrogen and oxygen atoms in total. The minimum atomic E-state index is -0.0987. The number of nitrogens with one attached hydrogen (secondary N) is 1. The molecule has 5 heteroatoms. The summed E-state index contributed by atoms with van der Waals surface area (Å²) in [6, 6.07) is 13.9. The lowest BCUT2D eigenvalue weighted by Gasteiger charge is -2.18. The summed E-state index contributed by atoms with van der Waals surface area (Å²) < 4.78 is 0. The fourth-order valence-corrected chi connectivity index (χ4v) is 3.20. The number of aliphatic hydroxyl groups is 1. The van der Waals surface area contributed by atoms with Crippen molar-refractivity contribution in [2.45, 2.75) is 6.04 Å². The van der Waals surface area contributed by atoms with Crippen LogP contribution in [-0.4, -0.2) is 29.1 Å². The predicted molar refractivity (Wildman–Crippen MR) is 85.2 cm³/mol. The Labute approximate surface area is 127 Å². The first-order valence-electron chi connectivity index (χ1n) is 6.37. The van der Waals surface area contributed by atoms with E-state index in [2.05, 4.69) is 5.32 Å². The maximum Gasteiger partial charge on any atom is 0.230 e. The molecular weight excluding hydrogens is 290 g/mol. The molecule has 1 aromatic heterocycles. The van der Waals surface area contributed by atoms with Gasteiger partial charge in [-0.05, 0) is 17.0 Å². The van der Waals surface area contributed by atoms with Crippen molar-refractivity contribution in [2.75, 3.05) is 18.1 Å². The monoisotopic (exact) mass is 307 g/mol. The van der Waals surface area contributed by atoms with E-state index in [-0.39, 0.29) is 18.6 Å². The third-order valence-electron chi connectivity index (χ3n) is 2.73. The van der Waals surface area contributed by atoms with Crippen LogP contribution in [0.1, 0.15) is 16.5 Å². The number of rotatable bonds is 7. The van der Waals surface area contributed by atoms with Crippen LogP contribution in [0.3, 0.4) is 0 Å². The number of carbonyl (C=O) groups excluding carboxylic acids is 1. The van der Waals surface area contributed by atoms with Gasteiger partial charge in [0.2, 0.25) is 5.91 Å². The van der Waals surface area contributed by atoms with E-state index in [1.165, 1.54) is 11.8 Å². The number of aliphatic hydroxyl groups excluding tert-OH is 1. The highest BCUT2D eigenvalue weighted by atomic mass is 32.2. The van der Waals surface area contributed by atoms with Crippen LogP contribution in [0.4, 0.5) is 0 Å². The van der Waals surface area contributed by atoms with E-state index in [0.29, 0.717) is 11.5 Å². The third kappa shape index (κ3) is 4.37. The van der Waals surface area contributed by atoms with Crippen molar-refractivity contribution in [1.29, 1.82) is 0 Å². The highest BCUT2D eigenvalue weighted by molar-refractivity contribution is 7.99. The lowest BCUT2D eigenvalue weighted by molar-refractivity contribution is -0.119. The van der Waals surface area contributed by atoms with Crippen molar-refractivity contribution in [3.05, 3.63) is 58.3 Å². The molecule has 0 bridgehead atoms. The molecule has 2 aromatic rings. The highest BCUT2D eigenvalue weighted by Gasteiger charge is 2.17. The maximum absolute atomic E-state index is 12.0. The van der Waals surface area contributed by atoms with E-state index >= 15 is 0 Å². The summed E-state index contributed by atoms with van der Waals surface area (Å²) in [6.45, 7) is 0.102. The Morgan fingerprint density at radius 3 is 2.70 bits per heavy atom. The molecular formula is C15H17NO2S2. The summed E-state index contributed by atoms with van der Waals surface area (Å²) in [6.07, 6.45) is 0. The van der Waals surface area contributed by atoms with Crippen molar-refractivity contribution in [2.24, 2.45) is 0 Å². The molecule has 1 atom stereocenters. The van der Waals surface area contributed by atoms with Crippen LogP contribution in [0.2, 0.25) is 0 Å². The molecule has 0 spiro atoms. The summed E-state index contributed by atoms with van der Waals surface area (Å²) in [5.41, 5.74) is 1.08. The molecule has 106 valence electrons. The summed E-state index contributed by atoms with van der Waals surface area (Å²) in [5.74, 6) is 0.947. The van der Waals surface area contributed by atoms with Crippen LogP contribution in [0, 0.1) is 0 Å². The van der Waals surface area contributed by atoms with E-state index < -0.39 is 0 Å². The van der Waals surface area contributed by atoms with Crippen molar-refractivity contribution >= 4 is 29.0 Å². The van der Waals surface area contributed by atoms with Gasteiger partial charge in [0.25, 0.3) is 0 Å². The summed E-state index contributed by atoms with van der Waals surface area (Å²) in [4.78, 5) is 13.1. The predicted octanol–water partition coefficient (Wildman–Crippen LogP) is 2.68. The second-order valence-electron chi connectivity index (χ2n) is 4.20. The summed E-state index contributed by atoms with van der Waals surface area (Å²) >= 11 is 3.07. The Balaban J connectivity index is 2.06. The standard InChI is InChI=1S/C15H17NO2S2/c17-8-10-19-11-14(18)16-15(13-7-4-9-20-13)12-5-2-1-3-6-12/h1-7,9,15,17H,8,10-11H2,(H,16,18)/t15-/m0/s1. The molecule has 2 rings (SSSR count). The van der Waals surface area contributed by atoms with Crippen LogP contribution in [0.15, 0.2) is 47.8 Å². The van der Waals surface area contributed by atoms with Crippen molar-refractivity contribution in [3.8, 4) is 0 Å². The summed E-state index contributed by atoms with van der Waals surface area (Å²) in [7, 11) is 0. The van der Waals surface area contributed by atoms with Gasteiger partial charge in [-0.15, -0.1) is 23.1 Å². The Morgan fingerprint density at radius 2 is 2.05 bits per heavy atom. The van der Waals surface area contributed by atoms with Crippen LogP contribution >= 0.6 is 23.1 Å². The van der Waals surface area contributed by atoms with Gasteiger partial charge in [0.1, 0.15) is 0 Å². The molecule has 20 heavy (non-hydrogen) atoms. The van der Waals surface area contributed by atoms with Crippen molar-refractivity contribution in [1.82, 2.24) is 5.32 Å². The van der Waals surface area contributed by atoms with E-state index in [9.17, 15) is 4.79 Å². The molecule has 2 N–H and O–H groups in total. The van der Waals surface area contributed by atoms with Gasteiger partial charge in [-0.25, -0.2) is 0 Å². The maximum atomic E-state index is 12.0. The minimum absolute atomic E-state index is 0.00861. The number of hydrogen-bond acceptors (Lipinski definition) is 4. The van der Waals surface area contributed by atoms with Crippen molar-refractivity contribution < 1.29 is 9.90 Å². The zero-order valence-corrected chi connectivity index (χ0v) is 12.6. The molecule has 0 fully saturated rings. The number of carbonyl (C=O) groups is 1. The molecule has 0 unspecified atom stereocenters. The number of amides is 1. The molecule has 0 aliphatic carbocycles. The molecule has 0 radical (unpaired) electrons. The first-order chi connectivity index (χ1) is 9.81. The Morgan fingerprint density at radius 1 is 1.25 bits per heavy atom. The van der Waals surface area contributed by atoms with Gasteiger partial charge in [-0.3, -0.25) is 4.79 Å². The molecule has 0 aliphatic heterocycles. The number of benzene rings is 1. The molecule has 0 saturated carbocycles. The highest BCUT2D eigenvalue weighted by Crippen LogP contribution is 2.25. The van der Waals surface area contributed by atoms with E-state index in [0.717, 1.165) is 10.4 Å². The Bertz CT molecular complexity index is 514. The molecule has 1 aromatic carbocycles. The van der Waals surface area contributed by atoms with Gasteiger partial charge in [0.05, 0.1) is 18.4 Å². The summed E-state index contributed by atoms with van der Waals surface area (Å²) in [5, 5.41) is 13.8. The van der Waals surface area contributed by atoms with Gasteiger partial charge < -0.3 is 10.4 Å². The minimum Gasteiger partial charge on any atom is -0.396 e. The van der Waals surface area contributed by atoms with Crippen molar-refractivity contribution in [3.63, 3.8) is 0 Å². The second kappa shape index (κ2) is 8.09. The zero-order valence-electron chi connectivity index (χ0n) is 11.0. The molecule has 0 saturated heterocycles. The Hall–Kier alpha value is -1.30. The van der Waals surface area contributed by atoms with Crippen LogP contribution in [-0.2, 0) is 4.79 Å². The second-order valence-corrected chi connectivity index (χ2v) is 6.29. The smallest absolute Gasteiger partial charge is 0.230 e. The van der Waals surface area contributed by atoms with Crippen LogP contribution < -0.4 is 5.32 Å². The van der Waals surface area contributed by atoms with Crippen LogP contribution in [0.5, 0.6) is 0 Å². The molecule has 0 aliphatic rings. The number of hydrogen-bond donors (Lipinski definition) is 2. The van der Waals surface area contributed by atoms with Gasteiger partial charge in [-0.2, -0.15) is 0 Å². The normalized spacial score (nSPS) is 12.1. The SMILES string of the molecule is O=C(CSCCO)N[C@@H](c1ccccc1)c1cccs1. The number of thiophene rings is 1. The largest absolute Gasteiger partial charge is 0.396 e. The fourth-order valence-electron chi connectivity index (χ4n) is 1.85. The zero-order chi connectivity index (χ0) is 14.2. The lowest BCUT2D eigenvalue weighted by atomic mass is 10.1. The Kier molecular flexibility index (Phi) is 6.11. The topological polar surface area (TPSA) is 49.3 Å². The van der Waals surface area contributed by atoms with E-state index in [1.807, 2.05) is 47.8 Å². The van der Waals surface area contributed by atoms with E-state index in [4.69, 9.17) is 5.11 Å². The fraction of sp³-hybridized carbons (Fsp3) is 0.267. The average Bonchev–Trinajstić information content (AvgIpc) is 3.00. The first kappa shape index (κ1) is 15.1. The quantitative estimate of drug-likeness (QED) is 0.773. The van der Waals surface area contributed by atoms with Crippen LogP contribution in [0.25, 0.3) is 0 Å². The number of thioether (sulfide) groups is 1. The lowest BCUT2D eigenvalue weighted by Crippen LogP contribution is -2.30. The van der Waals surface area contributed by atoms with E-state index in [1.54, 1.807) is 11.3 Å². The molecule has 1 heterocycles. The third-order valence-corrected chi connectivity index (χ3v) is 4.61.